The van der Waals surface area contributed by atoms with Crippen LogP contribution in [0.1, 0.15) is 24.0 Å². The van der Waals surface area contributed by atoms with Gasteiger partial charge in [0.2, 0.25) is 5.91 Å². The molecule has 0 bridgehead atoms. The summed E-state index contributed by atoms with van der Waals surface area (Å²) >= 11 is 5.80. The third-order valence-corrected chi connectivity index (χ3v) is 3.57. The van der Waals surface area contributed by atoms with Gasteiger partial charge in [-0.25, -0.2) is 4.39 Å². The molecule has 0 saturated carbocycles. The fraction of sp³-hybridized carbons (Fsp3) is 0.167. The molecule has 1 amide bonds. The molecule has 1 N–H and O–H groups in total. The predicted molar refractivity (Wildman–Crippen MR) is 88.3 cm³/mol. The van der Waals surface area contributed by atoms with E-state index < -0.39 is 0 Å². The first-order valence-electron chi connectivity index (χ1n) is 7.01. The van der Waals surface area contributed by atoms with E-state index in [0.29, 0.717) is 11.6 Å². The molecule has 2 rings (SSSR count). The van der Waals surface area contributed by atoms with Crippen molar-refractivity contribution < 1.29 is 9.18 Å². The molecule has 2 aromatic rings. The lowest BCUT2D eigenvalue weighted by Gasteiger charge is -2.12. The SMILES string of the molecule is CC(CNC(=O)/C=C/c1ccc(Cl)cc1)c1ccc(F)cc1. The summed E-state index contributed by atoms with van der Waals surface area (Å²) in [4.78, 5) is 11.8. The summed E-state index contributed by atoms with van der Waals surface area (Å²) in [6, 6.07) is 13.5. The summed E-state index contributed by atoms with van der Waals surface area (Å²) in [6.45, 7) is 2.48. The Labute approximate surface area is 134 Å². The molecule has 114 valence electrons. The first kappa shape index (κ1) is 16.2. The first-order valence-corrected chi connectivity index (χ1v) is 7.39. The van der Waals surface area contributed by atoms with E-state index in [9.17, 15) is 9.18 Å². The van der Waals surface area contributed by atoms with Gasteiger partial charge in [0.15, 0.2) is 0 Å². The van der Waals surface area contributed by atoms with Crippen molar-refractivity contribution >= 4 is 23.6 Å². The van der Waals surface area contributed by atoms with Gasteiger partial charge in [-0.3, -0.25) is 4.79 Å². The van der Waals surface area contributed by atoms with Gasteiger partial charge in [0.1, 0.15) is 5.82 Å². The van der Waals surface area contributed by atoms with Crippen LogP contribution in [-0.2, 0) is 4.79 Å². The van der Waals surface area contributed by atoms with E-state index in [0.717, 1.165) is 11.1 Å². The van der Waals surface area contributed by atoms with Crippen LogP contribution in [-0.4, -0.2) is 12.5 Å². The second-order valence-corrected chi connectivity index (χ2v) is 5.52. The van der Waals surface area contributed by atoms with Crippen LogP contribution in [0.25, 0.3) is 6.08 Å². The van der Waals surface area contributed by atoms with Crippen molar-refractivity contribution in [2.45, 2.75) is 12.8 Å². The quantitative estimate of drug-likeness (QED) is 0.813. The van der Waals surface area contributed by atoms with Crippen LogP contribution in [0.2, 0.25) is 5.02 Å². The van der Waals surface area contributed by atoms with Gasteiger partial charge in [-0.1, -0.05) is 42.8 Å². The van der Waals surface area contributed by atoms with Crippen molar-refractivity contribution in [3.63, 3.8) is 0 Å². The monoisotopic (exact) mass is 317 g/mol. The minimum Gasteiger partial charge on any atom is -0.352 e. The number of halogens is 2. The van der Waals surface area contributed by atoms with Gasteiger partial charge in [0.25, 0.3) is 0 Å². The largest absolute Gasteiger partial charge is 0.352 e. The number of carbonyl (C=O) groups excluding carboxylic acids is 1. The Bertz CT molecular complexity index is 650. The highest BCUT2D eigenvalue weighted by molar-refractivity contribution is 6.30. The lowest BCUT2D eigenvalue weighted by Crippen LogP contribution is -2.25. The summed E-state index contributed by atoms with van der Waals surface area (Å²) in [7, 11) is 0. The molecule has 22 heavy (non-hydrogen) atoms. The van der Waals surface area contributed by atoms with E-state index in [4.69, 9.17) is 11.6 Å². The number of hydrogen-bond donors (Lipinski definition) is 1. The van der Waals surface area contributed by atoms with E-state index >= 15 is 0 Å². The Balaban J connectivity index is 1.84. The second kappa shape index (κ2) is 7.76. The molecular weight excluding hydrogens is 301 g/mol. The average molecular weight is 318 g/mol. The zero-order valence-corrected chi connectivity index (χ0v) is 13.0. The van der Waals surface area contributed by atoms with Crippen molar-refractivity contribution in [1.29, 1.82) is 0 Å². The first-order chi connectivity index (χ1) is 10.5. The molecule has 1 atom stereocenters. The highest BCUT2D eigenvalue weighted by atomic mass is 35.5. The maximum absolute atomic E-state index is 12.9. The van der Waals surface area contributed by atoms with Gasteiger partial charge in [0, 0.05) is 17.6 Å². The van der Waals surface area contributed by atoms with E-state index in [-0.39, 0.29) is 17.6 Å². The fourth-order valence-corrected chi connectivity index (χ4v) is 2.09. The maximum atomic E-state index is 12.9. The zero-order chi connectivity index (χ0) is 15.9. The lowest BCUT2D eigenvalue weighted by atomic mass is 10.0. The summed E-state index contributed by atoms with van der Waals surface area (Å²) in [5.41, 5.74) is 1.90. The topological polar surface area (TPSA) is 29.1 Å². The zero-order valence-electron chi connectivity index (χ0n) is 12.2. The second-order valence-electron chi connectivity index (χ2n) is 5.08. The number of amides is 1. The Morgan fingerprint density at radius 2 is 1.82 bits per heavy atom. The molecule has 0 spiro atoms. The average Bonchev–Trinajstić information content (AvgIpc) is 2.52. The lowest BCUT2D eigenvalue weighted by molar-refractivity contribution is -0.116. The van der Waals surface area contributed by atoms with Crippen molar-refractivity contribution in [1.82, 2.24) is 5.32 Å². The number of rotatable bonds is 5. The van der Waals surface area contributed by atoms with Gasteiger partial charge in [0.05, 0.1) is 0 Å². The van der Waals surface area contributed by atoms with Crippen LogP contribution in [0.4, 0.5) is 4.39 Å². The molecule has 2 aromatic carbocycles. The molecule has 0 aliphatic rings. The minimum absolute atomic E-state index is 0.119. The standard InChI is InChI=1S/C18H17ClFNO/c1-13(15-5-9-17(20)10-6-15)12-21-18(22)11-4-14-2-7-16(19)8-3-14/h2-11,13H,12H2,1H3,(H,21,22)/b11-4+. The van der Waals surface area contributed by atoms with E-state index in [1.807, 2.05) is 19.1 Å². The molecular formula is C18H17ClFNO. The summed E-state index contributed by atoms with van der Waals surface area (Å²) in [5, 5.41) is 3.49. The highest BCUT2D eigenvalue weighted by Gasteiger charge is 2.06. The van der Waals surface area contributed by atoms with Crippen LogP contribution in [0.3, 0.4) is 0 Å². The molecule has 0 aliphatic heterocycles. The van der Waals surface area contributed by atoms with Crippen molar-refractivity contribution in [3.8, 4) is 0 Å². The fourth-order valence-electron chi connectivity index (χ4n) is 1.97. The Morgan fingerprint density at radius 3 is 2.45 bits per heavy atom. The van der Waals surface area contributed by atoms with Crippen LogP contribution in [0, 0.1) is 5.82 Å². The van der Waals surface area contributed by atoms with Gasteiger partial charge < -0.3 is 5.32 Å². The van der Waals surface area contributed by atoms with Crippen molar-refractivity contribution in [3.05, 3.63) is 76.6 Å². The van der Waals surface area contributed by atoms with Crippen LogP contribution >= 0.6 is 11.6 Å². The van der Waals surface area contributed by atoms with Gasteiger partial charge in [-0.15, -0.1) is 0 Å². The summed E-state index contributed by atoms with van der Waals surface area (Å²) in [6.07, 6.45) is 3.22. The molecule has 4 heteroatoms. The third-order valence-electron chi connectivity index (χ3n) is 3.32. The van der Waals surface area contributed by atoms with Crippen LogP contribution in [0.5, 0.6) is 0 Å². The molecule has 0 aliphatic carbocycles. The van der Waals surface area contributed by atoms with Gasteiger partial charge in [-0.05, 0) is 47.4 Å². The molecule has 0 radical (unpaired) electrons. The van der Waals surface area contributed by atoms with Crippen molar-refractivity contribution in [2.24, 2.45) is 0 Å². The number of benzene rings is 2. The smallest absolute Gasteiger partial charge is 0.244 e. The number of hydrogen-bond acceptors (Lipinski definition) is 1. The number of carbonyl (C=O) groups is 1. The van der Waals surface area contributed by atoms with Gasteiger partial charge in [-0.2, -0.15) is 0 Å². The minimum atomic E-state index is -0.258. The van der Waals surface area contributed by atoms with E-state index in [1.54, 1.807) is 30.3 Å². The normalized spacial score (nSPS) is 12.3. The van der Waals surface area contributed by atoms with E-state index in [2.05, 4.69) is 5.32 Å². The third kappa shape index (κ3) is 5.01. The molecule has 0 aromatic heterocycles. The van der Waals surface area contributed by atoms with Crippen LogP contribution < -0.4 is 5.32 Å². The Hall–Kier alpha value is -2.13. The predicted octanol–water partition coefficient (Wildman–Crippen LogP) is 4.41. The maximum Gasteiger partial charge on any atom is 0.244 e. The summed E-state index contributed by atoms with van der Waals surface area (Å²) < 4.78 is 12.9. The Morgan fingerprint density at radius 1 is 1.18 bits per heavy atom. The van der Waals surface area contributed by atoms with Crippen molar-refractivity contribution in [2.75, 3.05) is 6.54 Å². The van der Waals surface area contributed by atoms with Crippen LogP contribution in [0.15, 0.2) is 54.6 Å². The molecule has 0 saturated heterocycles. The van der Waals surface area contributed by atoms with Gasteiger partial charge >= 0.3 is 0 Å². The summed E-state index contributed by atoms with van der Waals surface area (Å²) in [5.74, 6) is -0.303. The van der Waals surface area contributed by atoms with E-state index in [1.165, 1.54) is 18.2 Å². The molecule has 1 unspecified atom stereocenters. The highest BCUT2D eigenvalue weighted by Crippen LogP contribution is 2.14. The Kier molecular flexibility index (Phi) is 5.73. The molecule has 2 nitrogen and oxygen atoms in total. The molecule has 0 fully saturated rings. The molecule has 0 heterocycles. The number of nitrogens with one attached hydrogen (secondary N) is 1.